The van der Waals surface area contributed by atoms with Crippen molar-refractivity contribution in [2.75, 3.05) is 20.2 Å². The van der Waals surface area contributed by atoms with Crippen LogP contribution < -0.4 is 5.32 Å². The molecule has 1 saturated heterocycles. The highest BCUT2D eigenvalue weighted by Gasteiger charge is 2.41. The van der Waals surface area contributed by atoms with Crippen LogP contribution in [-0.2, 0) is 11.2 Å². The summed E-state index contributed by atoms with van der Waals surface area (Å²) in [6, 6.07) is 1.08. The topological polar surface area (TPSA) is 54.5 Å². The van der Waals surface area contributed by atoms with Crippen molar-refractivity contribution in [2.45, 2.75) is 37.5 Å². The molecule has 0 saturated carbocycles. The molecule has 128 valence electrons. The molecule has 1 amide bonds. The molecular weight excluding hydrogens is 311 g/mol. The quantitative estimate of drug-likeness (QED) is 0.920. The van der Waals surface area contributed by atoms with Gasteiger partial charge in [0.1, 0.15) is 6.04 Å². The molecule has 5 nitrogen and oxygen atoms in total. The van der Waals surface area contributed by atoms with E-state index in [-0.39, 0.29) is 13.0 Å². The van der Waals surface area contributed by atoms with Crippen molar-refractivity contribution in [3.8, 4) is 0 Å². The first kappa shape index (κ1) is 17.5. The van der Waals surface area contributed by atoms with Gasteiger partial charge in [-0.25, -0.2) is 4.79 Å². The van der Waals surface area contributed by atoms with Crippen LogP contribution in [0.4, 0.5) is 18.0 Å². The Kier molecular flexibility index (Phi) is 5.81. The fraction of sp³-hybridized carbons (Fsp3) is 0.600. The fourth-order valence-electron chi connectivity index (χ4n) is 2.72. The summed E-state index contributed by atoms with van der Waals surface area (Å²) in [6.07, 6.45) is -0.847. The van der Waals surface area contributed by atoms with E-state index in [0.717, 1.165) is 0 Å². The molecule has 2 heterocycles. The molecular formula is C15H20F3N3O2. The number of likely N-dealkylation sites (tertiary alicyclic amines) is 1. The minimum absolute atomic E-state index is 0.166. The minimum Gasteiger partial charge on any atom is -0.453 e. The van der Waals surface area contributed by atoms with E-state index in [1.807, 2.05) is 0 Å². The van der Waals surface area contributed by atoms with E-state index in [4.69, 9.17) is 0 Å². The Hall–Kier alpha value is -1.83. The number of hydrogen-bond donors (Lipinski definition) is 1. The lowest BCUT2D eigenvalue weighted by atomic mass is 10.0. The predicted octanol–water partition coefficient (Wildman–Crippen LogP) is 2.38. The number of carbonyl (C=O) groups is 1. The summed E-state index contributed by atoms with van der Waals surface area (Å²) < 4.78 is 44.5. The highest BCUT2D eigenvalue weighted by Crippen LogP contribution is 2.25. The van der Waals surface area contributed by atoms with Crippen molar-refractivity contribution in [2.24, 2.45) is 0 Å². The van der Waals surface area contributed by atoms with E-state index in [1.54, 1.807) is 12.1 Å². The summed E-state index contributed by atoms with van der Waals surface area (Å²) in [7, 11) is 1.27. The second-order valence-corrected chi connectivity index (χ2v) is 5.58. The molecule has 1 fully saturated rings. The summed E-state index contributed by atoms with van der Waals surface area (Å²) in [4.78, 5) is 16.8. The summed E-state index contributed by atoms with van der Waals surface area (Å²) in [5.41, 5.74) is 0.565. The van der Waals surface area contributed by atoms with Gasteiger partial charge in [-0.1, -0.05) is 0 Å². The molecule has 1 aromatic rings. The van der Waals surface area contributed by atoms with Gasteiger partial charge in [-0.05, 0) is 37.0 Å². The highest BCUT2D eigenvalue weighted by molar-refractivity contribution is 5.67. The molecule has 0 unspecified atom stereocenters. The van der Waals surface area contributed by atoms with Gasteiger partial charge >= 0.3 is 12.3 Å². The Labute approximate surface area is 132 Å². The number of amides is 1. The molecule has 1 N–H and O–H groups in total. The molecule has 2 atom stereocenters. The van der Waals surface area contributed by atoms with Crippen LogP contribution in [-0.4, -0.2) is 54.4 Å². The Balaban J connectivity index is 2.01. The van der Waals surface area contributed by atoms with Crippen LogP contribution in [0.2, 0.25) is 0 Å². The van der Waals surface area contributed by atoms with Gasteiger partial charge in [0.05, 0.1) is 7.11 Å². The van der Waals surface area contributed by atoms with Crippen molar-refractivity contribution in [3.05, 3.63) is 30.1 Å². The average molecular weight is 331 g/mol. The van der Waals surface area contributed by atoms with E-state index in [1.165, 1.54) is 24.4 Å². The number of pyridine rings is 1. The maximum absolute atomic E-state index is 13.3. The van der Waals surface area contributed by atoms with Gasteiger partial charge < -0.3 is 15.0 Å². The number of carbonyl (C=O) groups excluding carboxylic acids is 1. The first-order chi connectivity index (χ1) is 10.9. The van der Waals surface area contributed by atoms with E-state index < -0.39 is 24.4 Å². The first-order valence-corrected chi connectivity index (χ1v) is 7.44. The van der Waals surface area contributed by atoms with Crippen LogP contribution in [0.25, 0.3) is 0 Å². The largest absolute Gasteiger partial charge is 0.453 e. The number of ether oxygens (including phenoxy) is 1. The molecule has 0 aromatic carbocycles. The molecule has 8 heteroatoms. The molecule has 2 rings (SSSR count). The van der Waals surface area contributed by atoms with Crippen LogP contribution in [0.3, 0.4) is 0 Å². The average Bonchev–Trinajstić information content (AvgIpc) is 2.54. The van der Waals surface area contributed by atoms with Gasteiger partial charge in [-0.2, -0.15) is 13.2 Å². The number of hydrogen-bond acceptors (Lipinski definition) is 4. The number of rotatable bonds is 4. The normalized spacial score (nSPS) is 20.2. The van der Waals surface area contributed by atoms with Crippen molar-refractivity contribution in [1.29, 1.82) is 0 Å². The third kappa shape index (κ3) is 5.09. The SMILES string of the molecule is COC(=O)N1CCC[C@H](N[C@@H](Cc2ccncc2)C(F)(F)F)C1. The van der Waals surface area contributed by atoms with Crippen molar-refractivity contribution < 1.29 is 22.7 Å². The monoisotopic (exact) mass is 331 g/mol. The molecule has 1 aromatic heterocycles. The predicted molar refractivity (Wildman–Crippen MR) is 77.9 cm³/mol. The second kappa shape index (κ2) is 7.63. The Bertz CT molecular complexity index is 510. The number of alkyl halides is 3. The molecule has 0 aliphatic carbocycles. The van der Waals surface area contributed by atoms with Crippen molar-refractivity contribution in [3.63, 3.8) is 0 Å². The van der Waals surface area contributed by atoms with Crippen LogP contribution in [0.15, 0.2) is 24.5 Å². The third-order valence-electron chi connectivity index (χ3n) is 3.88. The first-order valence-electron chi connectivity index (χ1n) is 7.44. The molecule has 23 heavy (non-hydrogen) atoms. The molecule has 1 aliphatic rings. The Morgan fingerprint density at radius 1 is 1.48 bits per heavy atom. The lowest BCUT2D eigenvalue weighted by molar-refractivity contribution is -0.158. The van der Waals surface area contributed by atoms with Crippen molar-refractivity contribution >= 4 is 6.09 Å². The molecule has 0 spiro atoms. The number of nitrogens with zero attached hydrogens (tertiary/aromatic N) is 2. The number of methoxy groups -OCH3 is 1. The molecule has 0 radical (unpaired) electrons. The van der Waals surface area contributed by atoms with E-state index in [0.29, 0.717) is 24.9 Å². The molecule has 0 bridgehead atoms. The summed E-state index contributed by atoms with van der Waals surface area (Å²) in [5.74, 6) is 0. The van der Waals surface area contributed by atoms with Crippen LogP contribution >= 0.6 is 0 Å². The zero-order valence-electron chi connectivity index (χ0n) is 12.8. The number of aromatic nitrogens is 1. The zero-order valence-corrected chi connectivity index (χ0v) is 12.8. The second-order valence-electron chi connectivity index (χ2n) is 5.58. The number of nitrogens with one attached hydrogen (secondary N) is 1. The number of halogens is 3. The van der Waals surface area contributed by atoms with Crippen molar-refractivity contribution in [1.82, 2.24) is 15.2 Å². The van der Waals surface area contributed by atoms with Crippen LogP contribution in [0, 0.1) is 0 Å². The van der Waals surface area contributed by atoms with Gasteiger partial charge in [0.25, 0.3) is 0 Å². The highest BCUT2D eigenvalue weighted by atomic mass is 19.4. The maximum Gasteiger partial charge on any atom is 0.409 e. The lowest BCUT2D eigenvalue weighted by Crippen LogP contribution is -2.55. The van der Waals surface area contributed by atoms with Gasteiger partial charge in [0.2, 0.25) is 0 Å². The number of piperidine rings is 1. The molecule has 1 aliphatic heterocycles. The third-order valence-corrected chi connectivity index (χ3v) is 3.88. The fourth-order valence-corrected chi connectivity index (χ4v) is 2.72. The standard InChI is InChI=1S/C15H20F3N3O2/c1-23-14(22)21-8-2-3-12(10-21)20-13(15(16,17)18)9-11-4-6-19-7-5-11/h4-7,12-13,20H,2-3,8-10H2,1H3/t12-,13-/m0/s1. The van der Waals surface area contributed by atoms with Crippen LogP contribution in [0.5, 0.6) is 0 Å². The maximum atomic E-state index is 13.3. The Morgan fingerprint density at radius 3 is 2.78 bits per heavy atom. The van der Waals surface area contributed by atoms with E-state index in [9.17, 15) is 18.0 Å². The van der Waals surface area contributed by atoms with E-state index >= 15 is 0 Å². The Morgan fingerprint density at radius 2 is 2.17 bits per heavy atom. The van der Waals surface area contributed by atoms with E-state index in [2.05, 4.69) is 15.0 Å². The van der Waals surface area contributed by atoms with Gasteiger partial charge in [0, 0.05) is 31.5 Å². The van der Waals surface area contributed by atoms with Crippen LogP contribution in [0.1, 0.15) is 18.4 Å². The van der Waals surface area contributed by atoms with Gasteiger partial charge in [-0.3, -0.25) is 4.98 Å². The minimum atomic E-state index is -4.36. The summed E-state index contributed by atoms with van der Waals surface area (Å²) >= 11 is 0. The zero-order chi connectivity index (χ0) is 16.9. The smallest absolute Gasteiger partial charge is 0.409 e. The lowest BCUT2D eigenvalue weighted by Gasteiger charge is -2.35. The summed E-state index contributed by atoms with van der Waals surface area (Å²) in [6.45, 7) is 0.724. The summed E-state index contributed by atoms with van der Waals surface area (Å²) in [5, 5.41) is 2.66. The van der Waals surface area contributed by atoms with Gasteiger partial charge in [-0.15, -0.1) is 0 Å². The van der Waals surface area contributed by atoms with Gasteiger partial charge in [0.15, 0.2) is 0 Å².